The van der Waals surface area contributed by atoms with E-state index in [1.807, 2.05) is 50.5 Å². The Bertz CT molecular complexity index is 668. The van der Waals surface area contributed by atoms with Gasteiger partial charge in [-0.15, -0.1) is 0 Å². The quantitative estimate of drug-likeness (QED) is 0.481. The summed E-state index contributed by atoms with van der Waals surface area (Å²) in [6.07, 6.45) is 0. The maximum atomic E-state index is 11.2. The second kappa shape index (κ2) is 9.86. The molecule has 0 fully saturated rings. The van der Waals surface area contributed by atoms with Crippen molar-refractivity contribution in [1.82, 2.24) is 15.1 Å². The third-order valence-corrected chi connectivity index (χ3v) is 6.34. The van der Waals surface area contributed by atoms with Crippen molar-refractivity contribution in [2.24, 2.45) is 0 Å². The number of nitrogens with one attached hydrogen (secondary N) is 1. The van der Waals surface area contributed by atoms with Crippen LogP contribution in [0, 0.1) is 0 Å². The molecule has 138 valence electrons. The first-order valence-electron chi connectivity index (χ1n) is 8.34. The zero-order valence-corrected chi connectivity index (χ0v) is 16.9. The molecular formula is C19H25N3O2PS+. The lowest BCUT2D eigenvalue weighted by Gasteiger charge is -2.39. The molecule has 7 heteroatoms. The highest BCUT2D eigenvalue weighted by molar-refractivity contribution is 7.97. The third kappa shape index (κ3) is 5.40. The molecule has 0 aliphatic heterocycles. The fraction of sp³-hybridized carbons (Fsp3) is 0.316. The van der Waals surface area contributed by atoms with Crippen molar-refractivity contribution in [2.75, 3.05) is 20.6 Å². The van der Waals surface area contributed by atoms with Gasteiger partial charge in [-0.1, -0.05) is 60.7 Å². The molecule has 2 rings (SSSR count). The molecule has 1 atom stereocenters. The van der Waals surface area contributed by atoms with Gasteiger partial charge in [-0.05, 0) is 25.2 Å². The van der Waals surface area contributed by atoms with Gasteiger partial charge in [0.05, 0.1) is 0 Å². The van der Waals surface area contributed by atoms with Gasteiger partial charge in [0.2, 0.25) is 7.36 Å². The normalized spacial score (nSPS) is 12.0. The molecule has 0 bridgehead atoms. The van der Waals surface area contributed by atoms with Crippen molar-refractivity contribution in [3.05, 3.63) is 71.8 Å². The summed E-state index contributed by atoms with van der Waals surface area (Å²) in [6, 6.07) is 20.2. The van der Waals surface area contributed by atoms with Gasteiger partial charge >= 0.3 is 11.5 Å². The molecule has 2 N–H and O–H groups in total. The molecule has 2 aromatic carbocycles. The SMILES string of the molecule is CN(Cc1ccccc1)C(NCC(=O)O)([PH+]=S)N(C)Cc1ccccc1. The van der Waals surface area contributed by atoms with Gasteiger partial charge in [-0.25, -0.2) is 15.1 Å². The molecule has 0 heterocycles. The van der Waals surface area contributed by atoms with Crippen LogP contribution in [0.2, 0.25) is 0 Å². The fourth-order valence-corrected chi connectivity index (χ4v) is 4.68. The highest BCUT2D eigenvalue weighted by atomic mass is 32.4. The first-order valence-corrected chi connectivity index (χ1v) is 10.5. The van der Waals surface area contributed by atoms with Crippen LogP contribution in [-0.2, 0) is 29.7 Å². The summed E-state index contributed by atoms with van der Waals surface area (Å²) in [5.41, 5.74) is 1.58. The minimum atomic E-state index is -0.899. The van der Waals surface area contributed by atoms with Gasteiger partial charge in [0.1, 0.15) is 6.54 Å². The molecule has 0 aliphatic carbocycles. The van der Waals surface area contributed by atoms with E-state index in [-0.39, 0.29) is 13.9 Å². The van der Waals surface area contributed by atoms with E-state index < -0.39 is 11.5 Å². The lowest BCUT2D eigenvalue weighted by Crippen LogP contribution is -2.63. The predicted octanol–water partition coefficient (Wildman–Crippen LogP) is 2.68. The molecule has 0 radical (unpaired) electrons. The molecule has 0 aliphatic rings. The summed E-state index contributed by atoms with van der Waals surface area (Å²) in [4.78, 5) is 15.4. The van der Waals surface area contributed by atoms with Gasteiger partial charge < -0.3 is 5.11 Å². The molecule has 1 unspecified atom stereocenters. The van der Waals surface area contributed by atoms with Crippen LogP contribution in [0.25, 0.3) is 0 Å². The average molecular weight is 390 g/mol. The molecule has 0 saturated carbocycles. The number of nitrogens with zero attached hydrogens (tertiary/aromatic N) is 2. The molecule has 0 amide bonds. The molecule has 26 heavy (non-hydrogen) atoms. The van der Waals surface area contributed by atoms with Crippen molar-refractivity contribution in [3.63, 3.8) is 0 Å². The Kier molecular flexibility index (Phi) is 7.82. The topological polar surface area (TPSA) is 55.8 Å². The monoisotopic (exact) mass is 390 g/mol. The average Bonchev–Trinajstić information content (AvgIpc) is 2.64. The van der Waals surface area contributed by atoms with Crippen molar-refractivity contribution in [3.8, 4) is 0 Å². The number of rotatable bonds is 10. The maximum Gasteiger partial charge on any atom is 0.317 e. The first-order chi connectivity index (χ1) is 12.5. The number of carbonyl (C=O) groups is 1. The smallest absolute Gasteiger partial charge is 0.317 e. The van der Waals surface area contributed by atoms with Crippen LogP contribution < -0.4 is 5.32 Å². The number of hydrogen-bond acceptors (Lipinski definition) is 5. The minimum Gasteiger partial charge on any atom is -0.480 e. The van der Waals surface area contributed by atoms with E-state index in [1.165, 1.54) is 0 Å². The van der Waals surface area contributed by atoms with E-state index >= 15 is 0 Å². The van der Waals surface area contributed by atoms with Gasteiger partial charge in [-0.2, -0.15) is 0 Å². The summed E-state index contributed by atoms with van der Waals surface area (Å²) in [7, 11) is 3.99. The number of benzene rings is 2. The zero-order chi connectivity index (χ0) is 19.0. The van der Waals surface area contributed by atoms with Gasteiger partial charge in [-0.3, -0.25) is 4.79 Å². The van der Waals surface area contributed by atoms with Gasteiger partial charge in [0, 0.05) is 13.1 Å². The maximum absolute atomic E-state index is 11.2. The molecule has 5 nitrogen and oxygen atoms in total. The number of carboxylic acids is 1. The van der Waals surface area contributed by atoms with E-state index in [2.05, 4.69) is 39.4 Å². The standard InChI is InChI=1S/C19H24N3O2PS/c1-21(14-16-9-5-3-6-10-16)19(25-26,20-13-18(23)24)22(2)15-17-11-7-4-8-12-17/h3-12,20H,13-15H2,1-2H3,(H,23,24)/p+1. The van der Waals surface area contributed by atoms with Crippen LogP contribution in [0.3, 0.4) is 0 Å². The Labute approximate surface area is 161 Å². The van der Waals surface area contributed by atoms with E-state index in [0.717, 1.165) is 11.1 Å². The zero-order valence-electron chi connectivity index (χ0n) is 15.1. The summed E-state index contributed by atoms with van der Waals surface area (Å²) < 4.78 is 0. The summed E-state index contributed by atoms with van der Waals surface area (Å²) in [5.74, 6) is -0.899. The summed E-state index contributed by atoms with van der Waals surface area (Å²) in [6.45, 7) is 1.17. The Morgan fingerprint density at radius 1 is 1.00 bits per heavy atom. The van der Waals surface area contributed by atoms with E-state index in [0.29, 0.717) is 13.1 Å². The summed E-state index contributed by atoms with van der Waals surface area (Å²) in [5, 5.41) is 12.4. The third-order valence-electron chi connectivity index (χ3n) is 4.26. The van der Waals surface area contributed by atoms with Crippen LogP contribution in [0.4, 0.5) is 0 Å². The van der Waals surface area contributed by atoms with Crippen LogP contribution in [0.15, 0.2) is 60.7 Å². The lowest BCUT2D eigenvalue weighted by atomic mass is 10.2. The Morgan fingerprint density at radius 2 is 1.42 bits per heavy atom. The highest BCUT2D eigenvalue weighted by Gasteiger charge is 2.45. The molecular weight excluding hydrogens is 365 g/mol. The van der Waals surface area contributed by atoms with Crippen molar-refractivity contribution >= 4 is 25.1 Å². The van der Waals surface area contributed by atoms with Crippen molar-refractivity contribution in [1.29, 1.82) is 0 Å². The van der Waals surface area contributed by atoms with Gasteiger partial charge in [0.25, 0.3) is 0 Å². The Morgan fingerprint density at radius 3 is 1.77 bits per heavy atom. The highest BCUT2D eigenvalue weighted by Crippen LogP contribution is 2.30. The Balaban J connectivity index is 2.26. The fourth-order valence-electron chi connectivity index (χ4n) is 2.90. The van der Waals surface area contributed by atoms with Crippen molar-refractivity contribution < 1.29 is 9.90 Å². The van der Waals surface area contributed by atoms with Gasteiger partial charge in [0.15, 0.2) is 11.8 Å². The Hall–Kier alpha value is -1.69. The largest absolute Gasteiger partial charge is 0.480 e. The van der Waals surface area contributed by atoms with Crippen LogP contribution in [0.1, 0.15) is 11.1 Å². The lowest BCUT2D eigenvalue weighted by molar-refractivity contribution is -0.137. The molecule has 0 saturated heterocycles. The second-order valence-electron chi connectivity index (χ2n) is 6.20. The predicted molar refractivity (Wildman–Crippen MR) is 110 cm³/mol. The van der Waals surface area contributed by atoms with Crippen LogP contribution >= 0.6 is 7.36 Å². The van der Waals surface area contributed by atoms with E-state index in [4.69, 9.17) is 11.8 Å². The van der Waals surface area contributed by atoms with Crippen LogP contribution in [-0.4, -0.2) is 47.0 Å². The van der Waals surface area contributed by atoms with E-state index in [1.54, 1.807) is 0 Å². The molecule has 2 aromatic rings. The molecule has 0 aromatic heterocycles. The van der Waals surface area contributed by atoms with Crippen molar-refractivity contribution in [2.45, 2.75) is 18.6 Å². The number of aliphatic carboxylic acids is 1. The number of hydrogen-bond donors (Lipinski definition) is 2. The van der Waals surface area contributed by atoms with Crippen LogP contribution in [0.5, 0.6) is 0 Å². The molecule has 0 spiro atoms. The number of carboxylic acid groups (broad SMARTS) is 1. The minimum absolute atomic E-state index is 0.0435. The first kappa shape index (κ1) is 20.6. The second-order valence-corrected chi connectivity index (χ2v) is 7.72. The summed E-state index contributed by atoms with van der Waals surface area (Å²) >= 11 is 5.51. The van der Waals surface area contributed by atoms with E-state index in [9.17, 15) is 9.90 Å².